The Labute approximate surface area is 205 Å². The van der Waals surface area contributed by atoms with Crippen molar-refractivity contribution < 1.29 is 18.6 Å². The van der Waals surface area contributed by atoms with Gasteiger partial charge in [-0.2, -0.15) is 0 Å². The van der Waals surface area contributed by atoms with Crippen LogP contribution < -0.4 is 20.9 Å². The molecule has 0 radical (unpaired) electrons. The first-order chi connectivity index (χ1) is 16.6. The third kappa shape index (κ3) is 7.54. The number of nitrogens with zero attached hydrogens (tertiary/aromatic N) is 1. The molecular weight excluding hydrogens is 469 g/mol. The lowest BCUT2D eigenvalue weighted by atomic mass is 9.91. The van der Waals surface area contributed by atoms with E-state index in [1.165, 1.54) is 22.4 Å². The maximum atomic E-state index is 14.0. The summed E-state index contributed by atoms with van der Waals surface area (Å²) in [5, 5.41) is 2.89. The lowest BCUT2D eigenvalue weighted by molar-refractivity contribution is -0.149. The van der Waals surface area contributed by atoms with Gasteiger partial charge in [0.2, 0.25) is 0 Å². The fraction of sp³-hybridized carbons (Fsp3) is 0.480. The Morgan fingerprint density at radius 1 is 1.20 bits per heavy atom. The molecule has 190 valence electrons. The van der Waals surface area contributed by atoms with Gasteiger partial charge in [-0.15, -0.1) is 0 Å². The van der Waals surface area contributed by atoms with Gasteiger partial charge in [-0.05, 0) is 70.6 Å². The van der Waals surface area contributed by atoms with Crippen molar-refractivity contribution in [2.75, 3.05) is 6.16 Å². The molecular formula is C25H34N3O6P. The smallest absolute Gasteiger partial charge is 0.328 e. The van der Waals surface area contributed by atoms with Gasteiger partial charge in [-0.3, -0.25) is 23.7 Å². The first-order valence-corrected chi connectivity index (χ1v) is 13.7. The summed E-state index contributed by atoms with van der Waals surface area (Å²) < 4.78 is 26.8. The van der Waals surface area contributed by atoms with Gasteiger partial charge in [0.25, 0.3) is 5.56 Å². The molecule has 0 saturated heterocycles. The van der Waals surface area contributed by atoms with Crippen molar-refractivity contribution in [2.24, 2.45) is 0 Å². The second-order valence-corrected chi connectivity index (χ2v) is 11.3. The molecule has 1 aliphatic carbocycles. The standard InChI is InChI=1S/C25H34N3O6P/c1-17(2)33-24(30)19(4)27-35(32,34-22-11-7-9-20-8-5-6-10-21(20)22)15-13-18(3)16-28-14-12-23(29)26-25(28)31/h7,9,11-14,17,19H,5-6,8,10,15-16H2,1-4H3,(H,27,32)(H,26,29,31)/b18-13-/t19-,35?/m0/s1. The number of carbonyl (C=O) groups is 1. The van der Waals surface area contributed by atoms with E-state index >= 15 is 0 Å². The Kier molecular flexibility index (Phi) is 8.92. The molecule has 2 aromatic rings. The third-order valence-corrected chi connectivity index (χ3v) is 7.63. The number of aryl methyl sites for hydroxylation is 1. The molecule has 2 N–H and O–H groups in total. The number of hydrogen-bond acceptors (Lipinski definition) is 6. The number of aromatic nitrogens is 2. The van der Waals surface area contributed by atoms with Gasteiger partial charge in [0.05, 0.1) is 12.3 Å². The number of H-pyrrole nitrogens is 1. The van der Waals surface area contributed by atoms with E-state index in [4.69, 9.17) is 9.26 Å². The van der Waals surface area contributed by atoms with Crippen molar-refractivity contribution in [1.82, 2.24) is 14.6 Å². The fourth-order valence-electron chi connectivity index (χ4n) is 3.97. The molecule has 9 nitrogen and oxygen atoms in total. The predicted molar refractivity (Wildman–Crippen MR) is 135 cm³/mol. The van der Waals surface area contributed by atoms with Crippen LogP contribution in [0, 0.1) is 0 Å². The van der Waals surface area contributed by atoms with Crippen LogP contribution in [0.15, 0.2) is 51.7 Å². The number of esters is 1. The van der Waals surface area contributed by atoms with Gasteiger partial charge in [0.15, 0.2) is 0 Å². The predicted octanol–water partition coefficient (Wildman–Crippen LogP) is 3.56. The van der Waals surface area contributed by atoms with Gasteiger partial charge >= 0.3 is 19.2 Å². The van der Waals surface area contributed by atoms with Crippen molar-refractivity contribution in [3.05, 3.63) is 74.1 Å². The summed E-state index contributed by atoms with van der Waals surface area (Å²) >= 11 is 0. The van der Waals surface area contributed by atoms with Gasteiger partial charge in [-0.1, -0.05) is 23.8 Å². The van der Waals surface area contributed by atoms with Crippen LogP contribution in [0.1, 0.15) is 51.7 Å². The number of nitrogens with one attached hydrogen (secondary N) is 2. The van der Waals surface area contributed by atoms with Crippen LogP contribution in [0.4, 0.5) is 0 Å². The summed E-state index contributed by atoms with van der Waals surface area (Å²) in [6.45, 7) is 7.10. The highest BCUT2D eigenvalue weighted by molar-refractivity contribution is 7.57. The number of benzene rings is 1. The molecule has 0 saturated carbocycles. The second kappa shape index (κ2) is 11.7. The Balaban J connectivity index is 1.85. The van der Waals surface area contributed by atoms with Gasteiger partial charge < -0.3 is 9.26 Å². The molecule has 1 aliphatic rings. The minimum Gasteiger partial charge on any atom is -0.462 e. The number of allylic oxidation sites excluding steroid dienone is 2. The molecule has 0 bridgehead atoms. The summed E-state index contributed by atoms with van der Waals surface area (Å²) in [6.07, 6.45) is 6.78. The van der Waals surface area contributed by atoms with E-state index in [1.54, 1.807) is 33.8 Å². The van der Waals surface area contributed by atoms with Crippen LogP contribution in [0.2, 0.25) is 0 Å². The third-order valence-electron chi connectivity index (χ3n) is 5.69. The molecule has 1 aromatic heterocycles. The molecule has 1 unspecified atom stereocenters. The zero-order chi connectivity index (χ0) is 25.6. The van der Waals surface area contributed by atoms with Gasteiger partial charge in [0.1, 0.15) is 11.8 Å². The summed E-state index contributed by atoms with van der Waals surface area (Å²) in [7, 11) is -3.59. The number of ether oxygens (including phenoxy) is 1. The van der Waals surface area contributed by atoms with E-state index in [-0.39, 0.29) is 18.8 Å². The van der Waals surface area contributed by atoms with E-state index in [1.807, 2.05) is 12.1 Å². The molecule has 1 heterocycles. The Hall–Kier alpha value is -2.90. The molecule has 2 atom stereocenters. The summed E-state index contributed by atoms with van der Waals surface area (Å²) in [5.74, 6) is 0.0461. The summed E-state index contributed by atoms with van der Waals surface area (Å²) in [5.41, 5.74) is 2.00. The first kappa shape index (κ1) is 26.7. The Morgan fingerprint density at radius 3 is 2.66 bits per heavy atom. The van der Waals surface area contributed by atoms with Crippen LogP contribution in [-0.4, -0.2) is 33.8 Å². The Morgan fingerprint density at radius 2 is 1.94 bits per heavy atom. The van der Waals surface area contributed by atoms with Crippen molar-refractivity contribution in [1.29, 1.82) is 0 Å². The number of hydrogen-bond donors (Lipinski definition) is 2. The van der Waals surface area contributed by atoms with Crippen molar-refractivity contribution >= 4 is 13.5 Å². The zero-order valence-electron chi connectivity index (χ0n) is 20.7. The monoisotopic (exact) mass is 503 g/mol. The number of fused-ring (bicyclic) bond motifs is 1. The van der Waals surface area contributed by atoms with E-state index in [9.17, 15) is 18.9 Å². The van der Waals surface area contributed by atoms with Crippen LogP contribution >= 0.6 is 7.52 Å². The minimum absolute atomic E-state index is 0.0000958. The number of carbonyl (C=O) groups excluding carboxylic acids is 1. The second-order valence-electron chi connectivity index (χ2n) is 9.17. The quantitative estimate of drug-likeness (QED) is 0.289. The largest absolute Gasteiger partial charge is 0.462 e. The van der Waals surface area contributed by atoms with Crippen molar-refractivity contribution in [3.63, 3.8) is 0 Å². The highest BCUT2D eigenvalue weighted by Gasteiger charge is 2.31. The number of aromatic amines is 1. The maximum Gasteiger partial charge on any atom is 0.328 e. The highest BCUT2D eigenvalue weighted by atomic mass is 31.2. The van der Waals surface area contributed by atoms with Gasteiger partial charge in [-0.25, -0.2) is 9.88 Å². The van der Waals surface area contributed by atoms with Crippen molar-refractivity contribution in [3.8, 4) is 5.75 Å². The SMILES string of the molecule is C/C(=C/CP(=O)(N[C@@H](C)C(=O)OC(C)C)Oc1cccc2c1CCCC2)Cn1ccc(=O)[nH]c1=O. The number of rotatable bonds is 10. The van der Waals surface area contributed by atoms with Crippen LogP contribution in [0.25, 0.3) is 0 Å². The molecule has 3 rings (SSSR count). The summed E-state index contributed by atoms with van der Waals surface area (Å²) in [4.78, 5) is 37.9. The molecule has 0 amide bonds. The van der Waals surface area contributed by atoms with Crippen molar-refractivity contribution in [2.45, 2.75) is 72.1 Å². The fourth-order valence-corrected chi connectivity index (χ4v) is 5.94. The normalized spacial score (nSPS) is 16.3. The van der Waals surface area contributed by atoms with Gasteiger partial charge in [0, 0.05) is 18.8 Å². The highest BCUT2D eigenvalue weighted by Crippen LogP contribution is 2.46. The lowest BCUT2D eigenvalue weighted by Crippen LogP contribution is -2.36. The van der Waals surface area contributed by atoms with E-state index in [0.29, 0.717) is 5.75 Å². The minimum atomic E-state index is -3.59. The van der Waals surface area contributed by atoms with Crippen LogP contribution in [-0.2, 0) is 33.5 Å². The molecule has 0 fully saturated rings. The molecule has 10 heteroatoms. The zero-order valence-corrected chi connectivity index (χ0v) is 21.6. The van der Waals surface area contributed by atoms with Crippen LogP contribution in [0.3, 0.4) is 0 Å². The van der Waals surface area contributed by atoms with E-state index in [2.05, 4.69) is 16.1 Å². The summed E-state index contributed by atoms with van der Waals surface area (Å²) in [6, 6.07) is 6.19. The average molecular weight is 504 g/mol. The molecule has 0 aliphatic heterocycles. The lowest BCUT2D eigenvalue weighted by Gasteiger charge is -2.26. The molecule has 35 heavy (non-hydrogen) atoms. The van der Waals surface area contributed by atoms with E-state index < -0.39 is 30.8 Å². The van der Waals surface area contributed by atoms with Crippen LogP contribution in [0.5, 0.6) is 5.75 Å². The topological polar surface area (TPSA) is 119 Å². The average Bonchev–Trinajstić information content (AvgIpc) is 2.79. The molecule has 0 spiro atoms. The molecule has 1 aromatic carbocycles. The Bertz CT molecular complexity index is 1250. The maximum absolute atomic E-state index is 14.0. The van der Waals surface area contributed by atoms with E-state index in [0.717, 1.165) is 36.8 Å². The first-order valence-electron chi connectivity index (χ1n) is 11.9.